The molecule has 7 nitrogen and oxygen atoms in total. The lowest BCUT2D eigenvalue weighted by molar-refractivity contribution is -0.137. The molecule has 1 aliphatic heterocycles. The van der Waals surface area contributed by atoms with Crippen molar-refractivity contribution in [3.63, 3.8) is 0 Å². The fourth-order valence-electron chi connectivity index (χ4n) is 3.64. The summed E-state index contributed by atoms with van der Waals surface area (Å²) >= 11 is 0. The Morgan fingerprint density at radius 1 is 1.15 bits per heavy atom. The second-order valence-electron chi connectivity index (χ2n) is 7.77. The molecule has 0 saturated heterocycles. The van der Waals surface area contributed by atoms with Crippen LogP contribution in [0.15, 0.2) is 47.6 Å². The first-order chi connectivity index (χ1) is 15.5. The lowest BCUT2D eigenvalue weighted by atomic mass is 9.91. The minimum absolute atomic E-state index is 0.0508. The van der Waals surface area contributed by atoms with Gasteiger partial charge in [-0.2, -0.15) is 18.3 Å². The van der Waals surface area contributed by atoms with Crippen LogP contribution in [0.4, 0.5) is 30.2 Å². The second kappa shape index (κ2) is 8.94. The Kier molecular flexibility index (Phi) is 6.44. The minimum Gasteiger partial charge on any atom is -0.326 e. The Morgan fingerprint density at radius 3 is 2.33 bits per heavy atom. The molecule has 0 radical (unpaired) electrons. The third-order valence-corrected chi connectivity index (χ3v) is 5.33. The molecule has 2 aromatic rings. The van der Waals surface area contributed by atoms with Gasteiger partial charge in [0.05, 0.1) is 17.8 Å². The highest BCUT2D eigenvalue weighted by molar-refractivity contribution is 6.09. The van der Waals surface area contributed by atoms with Crippen molar-refractivity contribution in [2.75, 3.05) is 17.2 Å². The van der Waals surface area contributed by atoms with Gasteiger partial charge in [-0.05, 0) is 43.7 Å². The fraction of sp³-hybridized carbons (Fsp3) is 0.304. The van der Waals surface area contributed by atoms with Gasteiger partial charge < -0.3 is 10.6 Å². The first kappa shape index (κ1) is 23.8. The van der Waals surface area contributed by atoms with Crippen LogP contribution < -0.4 is 10.6 Å². The van der Waals surface area contributed by atoms with E-state index in [1.54, 1.807) is 36.2 Å². The van der Waals surface area contributed by atoms with Gasteiger partial charge in [-0.1, -0.05) is 18.2 Å². The first-order valence-electron chi connectivity index (χ1n) is 10.1. The van der Waals surface area contributed by atoms with Gasteiger partial charge in [0.1, 0.15) is 5.54 Å². The number of carbonyl (C=O) groups excluding carboxylic acids is 2. The van der Waals surface area contributed by atoms with Crippen molar-refractivity contribution >= 4 is 34.6 Å². The van der Waals surface area contributed by atoms with E-state index in [2.05, 4.69) is 20.6 Å². The van der Waals surface area contributed by atoms with Crippen molar-refractivity contribution in [3.05, 3.63) is 65.0 Å². The van der Waals surface area contributed by atoms with Gasteiger partial charge in [-0.3, -0.25) is 14.6 Å². The second-order valence-corrected chi connectivity index (χ2v) is 7.77. The van der Waals surface area contributed by atoms with Crippen molar-refractivity contribution < 1.29 is 22.8 Å². The molecule has 0 fully saturated rings. The monoisotopic (exact) mass is 457 g/mol. The summed E-state index contributed by atoms with van der Waals surface area (Å²) in [6.07, 6.45) is -4.48. The lowest BCUT2D eigenvalue weighted by Gasteiger charge is -2.32. The number of likely N-dealkylation sites (N-methyl/N-ethyl adjacent to an activating group) is 1. The molecular formula is C23H22F3N5O2. The lowest BCUT2D eigenvalue weighted by Crippen LogP contribution is -2.50. The van der Waals surface area contributed by atoms with Crippen molar-refractivity contribution in [2.45, 2.75) is 38.9 Å². The molecule has 1 heterocycles. The summed E-state index contributed by atoms with van der Waals surface area (Å²) in [6.45, 7) is 12.2. The molecule has 1 unspecified atom stereocenters. The van der Waals surface area contributed by atoms with E-state index >= 15 is 0 Å². The van der Waals surface area contributed by atoms with Gasteiger partial charge in [0, 0.05) is 31.3 Å². The number of amides is 2. The van der Waals surface area contributed by atoms with Crippen LogP contribution in [0.25, 0.3) is 4.85 Å². The van der Waals surface area contributed by atoms with Crippen LogP contribution in [0.3, 0.4) is 0 Å². The third-order valence-electron chi connectivity index (χ3n) is 5.33. The molecule has 1 aliphatic rings. The number of benzene rings is 2. The molecular weight excluding hydrogens is 435 g/mol. The average molecular weight is 457 g/mol. The zero-order chi connectivity index (χ0) is 24.4. The predicted molar refractivity (Wildman–Crippen MR) is 119 cm³/mol. The van der Waals surface area contributed by atoms with E-state index in [0.717, 1.165) is 17.7 Å². The number of hydrogen-bond donors (Lipinski definition) is 2. The van der Waals surface area contributed by atoms with Crippen molar-refractivity contribution in [2.24, 2.45) is 5.10 Å². The summed E-state index contributed by atoms with van der Waals surface area (Å²) in [7, 11) is 0. The summed E-state index contributed by atoms with van der Waals surface area (Å²) < 4.78 is 39.8. The van der Waals surface area contributed by atoms with E-state index < -0.39 is 28.9 Å². The minimum atomic E-state index is -4.72. The predicted octanol–water partition coefficient (Wildman–Crippen LogP) is 5.04. The maximum atomic E-state index is 13.3. The maximum absolute atomic E-state index is 13.3. The van der Waals surface area contributed by atoms with Crippen LogP contribution in [0, 0.1) is 6.57 Å². The summed E-state index contributed by atoms with van der Waals surface area (Å²) in [5.41, 5.74) is -0.780. The molecule has 2 aromatic carbocycles. The Bertz CT molecular complexity index is 1150. The smallest absolute Gasteiger partial charge is 0.326 e. The highest BCUT2D eigenvalue weighted by atomic mass is 19.4. The quantitative estimate of drug-likeness (QED) is 0.618. The normalized spacial score (nSPS) is 17.8. The Hall–Kier alpha value is -3.87. The summed E-state index contributed by atoms with van der Waals surface area (Å²) in [6, 6.07) is 10.1. The molecule has 3 rings (SSSR count). The molecule has 2 amide bonds. The number of rotatable bonds is 5. The van der Waals surface area contributed by atoms with Gasteiger partial charge in [0.2, 0.25) is 5.91 Å². The molecule has 33 heavy (non-hydrogen) atoms. The van der Waals surface area contributed by atoms with Gasteiger partial charge in [0.25, 0.3) is 5.91 Å². The molecule has 0 bridgehead atoms. The van der Waals surface area contributed by atoms with E-state index in [1.165, 1.54) is 13.0 Å². The molecule has 0 aromatic heterocycles. The highest BCUT2D eigenvalue weighted by Gasteiger charge is 2.44. The number of hydrazone groups is 1. The summed E-state index contributed by atoms with van der Waals surface area (Å²) in [5, 5.41) is 11.4. The summed E-state index contributed by atoms with van der Waals surface area (Å²) in [5.74, 6) is -0.706. The van der Waals surface area contributed by atoms with Crippen molar-refractivity contribution in [3.8, 4) is 0 Å². The van der Waals surface area contributed by atoms with Gasteiger partial charge in [-0.15, -0.1) is 0 Å². The number of nitrogens with one attached hydrogen (secondary N) is 2. The topological polar surface area (TPSA) is 78.2 Å². The van der Waals surface area contributed by atoms with E-state index in [1.807, 2.05) is 6.92 Å². The third kappa shape index (κ3) is 4.98. The van der Waals surface area contributed by atoms with Crippen LogP contribution >= 0.6 is 0 Å². The van der Waals surface area contributed by atoms with Crippen LogP contribution in [0.1, 0.15) is 38.3 Å². The largest absolute Gasteiger partial charge is 0.407 e. The standard InChI is InChI=1S/C23H22F3N5O2/c1-5-31-22(3,13-20(30-31)15-6-8-16(9-7-15)28-14(2)32)21(33)29-17-10-11-19(27-4)18(12-17)23(24,25)26/h6-12H,5,13H2,1-3H3,(H,28,32)(H,29,33). The molecule has 2 N–H and O–H groups in total. The molecule has 10 heteroatoms. The molecule has 0 spiro atoms. The number of alkyl halides is 3. The number of halogens is 3. The van der Waals surface area contributed by atoms with E-state index in [0.29, 0.717) is 17.9 Å². The molecule has 172 valence electrons. The van der Waals surface area contributed by atoms with Crippen LogP contribution in [-0.2, 0) is 15.8 Å². The van der Waals surface area contributed by atoms with Gasteiger partial charge >= 0.3 is 6.18 Å². The first-order valence-corrected chi connectivity index (χ1v) is 10.1. The zero-order valence-corrected chi connectivity index (χ0v) is 18.2. The van der Waals surface area contributed by atoms with Gasteiger partial charge in [-0.25, -0.2) is 4.85 Å². The number of carbonyl (C=O) groups is 2. The Morgan fingerprint density at radius 2 is 1.79 bits per heavy atom. The van der Waals surface area contributed by atoms with Crippen LogP contribution in [0.5, 0.6) is 0 Å². The Labute approximate surface area is 189 Å². The van der Waals surface area contributed by atoms with Crippen molar-refractivity contribution in [1.29, 1.82) is 0 Å². The van der Waals surface area contributed by atoms with Crippen LogP contribution in [-0.4, -0.2) is 34.6 Å². The number of nitrogens with zero attached hydrogens (tertiary/aromatic N) is 3. The fourth-order valence-corrected chi connectivity index (χ4v) is 3.64. The number of anilines is 2. The van der Waals surface area contributed by atoms with Crippen LogP contribution in [0.2, 0.25) is 0 Å². The zero-order valence-electron chi connectivity index (χ0n) is 18.2. The SMILES string of the molecule is [C-]#[N+]c1ccc(NC(=O)C2(C)CC(c3ccc(NC(C)=O)cc3)=NN2CC)cc1C(F)(F)F. The van der Waals surface area contributed by atoms with E-state index in [9.17, 15) is 22.8 Å². The average Bonchev–Trinajstić information content (AvgIpc) is 3.11. The molecule has 1 atom stereocenters. The van der Waals surface area contributed by atoms with Crippen molar-refractivity contribution in [1.82, 2.24) is 5.01 Å². The molecule has 0 saturated carbocycles. The maximum Gasteiger partial charge on any atom is 0.407 e. The Balaban J connectivity index is 1.82. The summed E-state index contributed by atoms with van der Waals surface area (Å²) in [4.78, 5) is 27.3. The van der Waals surface area contributed by atoms with Gasteiger partial charge in [0.15, 0.2) is 5.69 Å². The van der Waals surface area contributed by atoms with E-state index in [-0.39, 0.29) is 18.0 Å². The number of hydrogen-bond acceptors (Lipinski definition) is 4. The highest BCUT2D eigenvalue weighted by Crippen LogP contribution is 2.38. The molecule has 0 aliphatic carbocycles. The van der Waals surface area contributed by atoms with E-state index in [4.69, 9.17) is 6.57 Å².